The predicted octanol–water partition coefficient (Wildman–Crippen LogP) is 2.88. The fourth-order valence-corrected chi connectivity index (χ4v) is 4.96. The first-order valence-corrected chi connectivity index (χ1v) is 11.5. The number of hydrogen-bond acceptors (Lipinski definition) is 6. The van der Waals surface area contributed by atoms with Crippen LogP contribution in [0.3, 0.4) is 0 Å². The van der Waals surface area contributed by atoms with Crippen LogP contribution in [0.4, 0.5) is 0 Å². The first-order chi connectivity index (χ1) is 14.2. The van der Waals surface area contributed by atoms with Gasteiger partial charge in [0, 0.05) is 69.3 Å². The number of nitrogens with one attached hydrogen (secondary N) is 1. The summed E-state index contributed by atoms with van der Waals surface area (Å²) in [6, 6.07) is 4.68. The molecular weight excluding hydrogens is 511 g/mol. The standard InChI is InChI=1S/C21H32N6OS.HI/c1-3-22-21(26-10-8-25(9-11-26)16-19-5-12-28-24-19)23-14-17(2)27-7-4-20-18(15-27)6-13-29-20;/h5-6,12-13,17H,3-4,7-11,14-16H2,1-2H3,(H,22,23);1H. The summed E-state index contributed by atoms with van der Waals surface area (Å²) in [5.74, 6) is 1.05. The van der Waals surface area contributed by atoms with E-state index < -0.39 is 0 Å². The van der Waals surface area contributed by atoms with E-state index in [2.05, 4.69) is 50.5 Å². The van der Waals surface area contributed by atoms with Crippen LogP contribution in [0.15, 0.2) is 33.3 Å². The monoisotopic (exact) mass is 544 g/mol. The Morgan fingerprint density at radius 2 is 2.10 bits per heavy atom. The van der Waals surface area contributed by atoms with E-state index in [9.17, 15) is 0 Å². The lowest BCUT2D eigenvalue weighted by atomic mass is 10.1. The van der Waals surface area contributed by atoms with Crippen LogP contribution >= 0.6 is 35.3 Å². The Bertz CT molecular complexity index is 787. The Labute approximate surface area is 200 Å². The van der Waals surface area contributed by atoms with Crippen LogP contribution in [0.5, 0.6) is 0 Å². The van der Waals surface area contributed by atoms with Crippen LogP contribution < -0.4 is 5.32 Å². The lowest BCUT2D eigenvalue weighted by Crippen LogP contribution is -2.52. The zero-order valence-corrected chi connectivity index (χ0v) is 21.1. The molecule has 0 saturated carbocycles. The normalized spacial score (nSPS) is 19.3. The van der Waals surface area contributed by atoms with Gasteiger partial charge in [-0.25, -0.2) is 0 Å². The smallest absolute Gasteiger partial charge is 0.194 e. The summed E-state index contributed by atoms with van der Waals surface area (Å²) < 4.78 is 4.95. The van der Waals surface area contributed by atoms with Crippen molar-refractivity contribution in [3.05, 3.63) is 39.9 Å². The first-order valence-electron chi connectivity index (χ1n) is 10.7. The summed E-state index contributed by atoms with van der Waals surface area (Å²) in [6.45, 7) is 13.2. The second-order valence-corrected chi connectivity index (χ2v) is 8.89. The second-order valence-electron chi connectivity index (χ2n) is 7.89. The summed E-state index contributed by atoms with van der Waals surface area (Å²) in [5, 5.41) is 9.75. The highest BCUT2D eigenvalue weighted by Crippen LogP contribution is 2.25. The molecule has 0 radical (unpaired) electrons. The first kappa shape index (κ1) is 23.5. The molecule has 1 N–H and O–H groups in total. The second kappa shape index (κ2) is 11.4. The molecule has 166 valence electrons. The van der Waals surface area contributed by atoms with Crippen molar-refractivity contribution in [2.45, 2.75) is 39.4 Å². The van der Waals surface area contributed by atoms with Crippen molar-refractivity contribution in [2.75, 3.05) is 45.8 Å². The van der Waals surface area contributed by atoms with Crippen LogP contribution in [-0.2, 0) is 19.5 Å². The van der Waals surface area contributed by atoms with Gasteiger partial charge >= 0.3 is 0 Å². The predicted molar refractivity (Wildman–Crippen MR) is 133 cm³/mol. The minimum Gasteiger partial charge on any atom is -0.364 e. The SMILES string of the molecule is CCNC(=NCC(C)N1CCc2sccc2C1)N1CCN(Cc2ccon2)CC1.I. The number of fused-ring (bicyclic) bond motifs is 1. The van der Waals surface area contributed by atoms with E-state index in [1.165, 1.54) is 12.0 Å². The molecule has 1 saturated heterocycles. The molecular formula is C21H33IN6OS. The number of hydrogen-bond donors (Lipinski definition) is 1. The Hall–Kier alpha value is -1.17. The third kappa shape index (κ3) is 5.95. The van der Waals surface area contributed by atoms with Gasteiger partial charge in [-0.05, 0) is 37.3 Å². The van der Waals surface area contributed by atoms with Gasteiger partial charge in [-0.3, -0.25) is 14.8 Å². The van der Waals surface area contributed by atoms with E-state index in [0.29, 0.717) is 6.04 Å². The molecule has 1 atom stereocenters. The molecule has 4 heterocycles. The minimum absolute atomic E-state index is 0. The van der Waals surface area contributed by atoms with Gasteiger partial charge < -0.3 is 14.7 Å². The molecule has 7 nitrogen and oxygen atoms in total. The van der Waals surface area contributed by atoms with Crippen LogP contribution in [0.1, 0.15) is 30.0 Å². The maximum Gasteiger partial charge on any atom is 0.194 e. The zero-order chi connectivity index (χ0) is 20.1. The summed E-state index contributed by atoms with van der Waals surface area (Å²) >= 11 is 1.90. The number of aliphatic imine (C=N–C) groups is 1. The topological polar surface area (TPSA) is 60.1 Å². The van der Waals surface area contributed by atoms with E-state index in [1.54, 1.807) is 11.1 Å². The summed E-state index contributed by atoms with van der Waals surface area (Å²) in [7, 11) is 0. The average Bonchev–Trinajstić information content (AvgIpc) is 3.42. The molecule has 0 bridgehead atoms. The van der Waals surface area contributed by atoms with Crippen LogP contribution in [0.25, 0.3) is 0 Å². The number of thiophene rings is 1. The van der Waals surface area contributed by atoms with Gasteiger partial charge in [0.15, 0.2) is 5.96 Å². The Balaban J connectivity index is 0.00000256. The van der Waals surface area contributed by atoms with Gasteiger partial charge in [-0.2, -0.15) is 0 Å². The van der Waals surface area contributed by atoms with Crippen LogP contribution in [-0.4, -0.2) is 77.7 Å². The highest BCUT2D eigenvalue weighted by atomic mass is 127. The van der Waals surface area contributed by atoms with Gasteiger partial charge in [0.2, 0.25) is 0 Å². The van der Waals surface area contributed by atoms with Crippen molar-refractivity contribution >= 4 is 41.3 Å². The quantitative estimate of drug-likeness (QED) is 0.343. The van der Waals surface area contributed by atoms with Crippen molar-refractivity contribution in [3.8, 4) is 0 Å². The molecule has 0 spiro atoms. The Morgan fingerprint density at radius 3 is 2.83 bits per heavy atom. The number of piperazine rings is 1. The fourth-order valence-electron chi connectivity index (χ4n) is 4.07. The Morgan fingerprint density at radius 1 is 1.27 bits per heavy atom. The summed E-state index contributed by atoms with van der Waals surface area (Å²) in [5.41, 5.74) is 2.51. The maximum absolute atomic E-state index is 5.00. The molecule has 9 heteroatoms. The molecule has 30 heavy (non-hydrogen) atoms. The zero-order valence-electron chi connectivity index (χ0n) is 17.9. The highest BCUT2D eigenvalue weighted by molar-refractivity contribution is 14.0. The lowest BCUT2D eigenvalue weighted by Gasteiger charge is -2.36. The minimum atomic E-state index is 0. The molecule has 0 amide bonds. The largest absolute Gasteiger partial charge is 0.364 e. The van der Waals surface area contributed by atoms with E-state index >= 15 is 0 Å². The third-order valence-electron chi connectivity index (χ3n) is 5.85. The number of guanidine groups is 1. The molecule has 2 aromatic heterocycles. The van der Waals surface area contributed by atoms with Crippen molar-refractivity contribution in [3.63, 3.8) is 0 Å². The van der Waals surface area contributed by atoms with Crippen LogP contribution in [0.2, 0.25) is 0 Å². The maximum atomic E-state index is 5.00. The summed E-state index contributed by atoms with van der Waals surface area (Å²) in [4.78, 5) is 13.9. The molecule has 1 unspecified atom stereocenters. The van der Waals surface area contributed by atoms with Gasteiger partial charge in [-0.15, -0.1) is 35.3 Å². The number of rotatable bonds is 6. The Kier molecular flexibility index (Phi) is 8.97. The van der Waals surface area contributed by atoms with Crippen molar-refractivity contribution in [2.24, 2.45) is 4.99 Å². The van der Waals surface area contributed by atoms with Gasteiger partial charge in [0.05, 0.1) is 12.2 Å². The number of nitrogens with zero attached hydrogens (tertiary/aromatic N) is 5. The molecule has 1 fully saturated rings. The van der Waals surface area contributed by atoms with E-state index in [4.69, 9.17) is 9.52 Å². The summed E-state index contributed by atoms with van der Waals surface area (Å²) in [6.07, 6.45) is 2.82. The van der Waals surface area contributed by atoms with Gasteiger partial charge in [0.25, 0.3) is 0 Å². The van der Waals surface area contributed by atoms with Crippen molar-refractivity contribution < 1.29 is 4.52 Å². The van der Waals surface area contributed by atoms with Crippen molar-refractivity contribution in [1.29, 1.82) is 0 Å². The van der Waals surface area contributed by atoms with Gasteiger partial charge in [0.1, 0.15) is 6.26 Å². The van der Waals surface area contributed by atoms with Crippen LogP contribution in [0, 0.1) is 0 Å². The van der Waals surface area contributed by atoms with Gasteiger partial charge in [-0.1, -0.05) is 5.16 Å². The third-order valence-corrected chi connectivity index (χ3v) is 6.87. The average molecular weight is 545 g/mol. The molecule has 4 rings (SSSR count). The van der Waals surface area contributed by atoms with E-state index in [1.807, 2.05) is 17.4 Å². The molecule has 2 aliphatic rings. The molecule has 2 aliphatic heterocycles. The molecule has 0 aromatic carbocycles. The van der Waals surface area contributed by atoms with E-state index in [0.717, 1.165) is 70.6 Å². The molecule has 0 aliphatic carbocycles. The number of aromatic nitrogens is 1. The fraction of sp³-hybridized carbons (Fsp3) is 0.619. The highest BCUT2D eigenvalue weighted by Gasteiger charge is 2.23. The van der Waals surface area contributed by atoms with Crippen molar-refractivity contribution in [1.82, 2.24) is 25.2 Å². The lowest BCUT2D eigenvalue weighted by molar-refractivity contribution is 0.168. The van der Waals surface area contributed by atoms with E-state index in [-0.39, 0.29) is 24.0 Å². The number of halogens is 1. The molecule has 2 aromatic rings.